The van der Waals surface area contributed by atoms with E-state index in [9.17, 15) is 0 Å². The number of hydrogen-bond donors (Lipinski definition) is 0. The predicted molar refractivity (Wildman–Crippen MR) is 90.4 cm³/mol. The second kappa shape index (κ2) is 7.83. The molecule has 0 fully saturated rings. The molecule has 0 atom stereocenters. The van der Waals surface area contributed by atoms with Crippen molar-refractivity contribution < 1.29 is 58.2 Å². The molecule has 0 spiro atoms. The third kappa shape index (κ3) is 3.86. The van der Waals surface area contributed by atoms with Crippen LogP contribution in [0.25, 0.3) is 22.3 Å². The van der Waals surface area contributed by atoms with Crippen molar-refractivity contribution in [3.8, 4) is 22.3 Å². The van der Waals surface area contributed by atoms with Gasteiger partial charge in [-0.1, -0.05) is 67.9 Å². The molecule has 104 valence electrons. The molecule has 0 heterocycles. The summed E-state index contributed by atoms with van der Waals surface area (Å²) in [6.07, 6.45) is 0. The van der Waals surface area contributed by atoms with E-state index in [2.05, 4.69) is 81.4 Å². The van der Waals surface area contributed by atoms with Gasteiger partial charge in [0, 0.05) is 0 Å². The Labute approximate surface area is 182 Å². The van der Waals surface area contributed by atoms with E-state index >= 15 is 0 Å². The van der Waals surface area contributed by atoms with Crippen LogP contribution in [-0.2, 0) is 0 Å². The van der Waals surface area contributed by atoms with E-state index in [0.29, 0.717) is 0 Å². The van der Waals surface area contributed by atoms with Crippen molar-refractivity contribution in [1.82, 2.24) is 0 Å². The fourth-order valence-electron chi connectivity index (χ4n) is 2.59. The molecule has 1 heteroatoms. The Morgan fingerprint density at radius 1 is 0.636 bits per heavy atom. The first-order valence-corrected chi connectivity index (χ1v) is 7.30. The van der Waals surface area contributed by atoms with E-state index < -0.39 is 0 Å². The van der Waals surface area contributed by atoms with Crippen LogP contribution in [-0.4, -0.2) is 0 Å². The minimum atomic E-state index is 0. The first-order chi connectivity index (χ1) is 10.1. The molecule has 3 rings (SSSR count). The summed E-state index contributed by atoms with van der Waals surface area (Å²) < 4.78 is 0. The van der Waals surface area contributed by atoms with Gasteiger partial charge in [0.15, 0.2) is 0 Å². The summed E-state index contributed by atoms with van der Waals surface area (Å²) in [4.78, 5) is 0. The predicted octanol–water partition coefficient (Wildman–Crippen LogP) is 2.75. The standard InChI is InChI=1S/C21H19.Rb/c1-15-7-9-18(10-8-15)19-11-13-20(14-12-19)21-6-4-5-16(2)17(21)3;/h4,6-14H,1-3H3;/q-1;+1. The van der Waals surface area contributed by atoms with Gasteiger partial charge in [0.1, 0.15) is 0 Å². The Bertz CT molecular complexity index is 753. The minimum Gasteiger partial charge on any atom is -0.180 e. The number of hydrogen-bond acceptors (Lipinski definition) is 0. The van der Waals surface area contributed by atoms with Crippen LogP contribution >= 0.6 is 0 Å². The molecular formula is C21H19Rb. The molecule has 0 N–H and O–H groups in total. The van der Waals surface area contributed by atoms with Gasteiger partial charge in [-0.25, -0.2) is 0 Å². The zero-order valence-electron chi connectivity index (χ0n) is 13.8. The molecule has 3 aromatic carbocycles. The average molecular weight is 357 g/mol. The van der Waals surface area contributed by atoms with Crippen molar-refractivity contribution >= 4 is 0 Å². The zero-order chi connectivity index (χ0) is 14.8. The molecule has 0 saturated heterocycles. The summed E-state index contributed by atoms with van der Waals surface area (Å²) in [6.45, 7) is 6.39. The van der Waals surface area contributed by atoms with Crippen LogP contribution in [0.4, 0.5) is 0 Å². The Morgan fingerprint density at radius 3 is 1.73 bits per heavy atom. The van der Waals surface area contributed by atoms with Crippen molar-refractivity contribution in [2.75, 3.05) is 0 Å². The monoisotopic (exact) mass is 356 g/mol. The van der Waals surface area contributed by atoms with Gasteiger partial charge in [0.25, 0.3) is 0 Å². The maximum atomic E-state index is 3.25. The summed E-state index contributed by atoms with van der Waals surface area (Å²) in [6, 6.07) is 24.9. The number of aryl methyl sites for hydroxylation is 2. The van der Waals surface area contributed by atoms with Crippen LogP contribution in [0.2, 0.25) is 0 Å². The van der Waals surface area contributed by atoms with Gasteiger partial charge < -0.3 is 0 Å². The summed E-state index contributed by atoms with van der Waals surface area (Å²) in [5, 5.41) is 0. The zero-order valence-corrected chi connectivity index (χ0v) is 18.7. The second-order valence-electron chi connectivity index (χ2n) is 5.58. The Kier molecular flexibility index (Phi) is 6.34. The quantitative estimate of drug-likeness (QED) is 0.619. The molecule has 0 aliphatic heterocycles. The third-order valence-corrected chi connectivity index (χ3v) is 4.10. The van der Waals surface area contributed by atoms with Crippen LogP contribution in [0, 0.1) is 26.8 Å². The first kappa shape index (κ1) is 17.8. The van der Waals surface area contributed by atoms with Crippen LogP contribution in [0.15, 0.2) is 60.7 Å². The van der Waals surface area contributed by atoms with Crippen LogP contribution in [0.5, 0.6) is 0 Å². The van der Waals surface area contributed by atoms with E-state index in [1.54, 1.807) is 0 Å². The Morgan fingerprint density at radius 2 is 1.14 bits per heavy atom. The van der Waals surface area contributed by atoms with E-state index in [4.69, 9.17) is 0 Å². The summed E-state index contributed by atoms with van der Waals surface area (Å²) in [7, 11) is 0. The molecule has 0 aliphatic rings. The van der Waals surface area contributed by atoms with Crippen LogP contribution < -0.4 is 58.2 Å². The van der Waals surface area contributed by atoms with Crippen molar-refractivity contribution in [1.29, 1.82) is 0 Å². The van der Waals surface area contributed by atoms with E-state index in [1.807, 2.05) is 6.07 Å². The molecule has 22 heavy (non-hydrogen) atoms. The minimum absolute atomic E-state index is 0. The maximum absolute atomic E-state index is 3.25. The Balaban J connectivity index is 0.00000176. The normalized spacial score (nSPS) is 10.1. The fourth-order valence-corrected chi connectivity index (χ4v) is 2.59. The van der Waals surface area contributed by atoms with Gasteiger partial charge in [-0.15, -0.1) is 11.1 Å². The van der Waals surface area contributed by atoms with E-state index in [-0.39, 0.29) is 58.2 Å². The van der Waals surface area contributed by atoms with Crippen molar-refractivity contribution in [2.45, 2.75) is 20.8 Å². The van der Waals surface area contributed by atoms with Gasteiger partial charge in [0.05, 0.1) is 0 Å². The van der Waals surface area contributed by atoms with Gasteiger partial charge in [-0.2, -0.15) is 23.8 Å². The smallest absolute Gasteiger partial charge is 0.180 e. The first-order valence-electron chi connectivity index (χ1n) is 7.30. The molecule has 0 aliphatic carbocycles. The van der Waals surface area contributed by atoms with E-state index in [0.717, 1.165) is 0 Å². The SMILES string of the molecule is Cc1ccc(-c2ccc(-c3cc[c-]c(C)c3C)cc2)cc1.[Rb+]. The Hall–Kier alpha value is -0.535. The van der Waals surface area contributed by atoms with E-state index in [1.165, 1.54) is 38.9 Å². The molecule has 0 bridgehead atoms. The molecule has 3 aromatic rings. The largest absolute Gasteiger partial charge is 1.00 e. The second-order valence-corrected chi connectivity index (χ2v) is 5.58. The number of rotatable bonds is 2. The molecule has 0 saturated carbocycles. The molecule has 0 aromatic heterocycles. The average Bonchev–Trinajstić information content (AvgIpc) is 2.51. The van der Waals surface area contributed by atoms with Crippen molar-refractivity contribution in [3.05, 3.63) is 83.4 Å². The third-order valence-electron chi connectivity index (χ3n) is 4.10. The van der Waals surface area contributed by atoms with Crippen LogP contribution in [0.3, 0.4) is 0 Å². The molecule has 0 amide bonds. The topological polar surface area (TPSA) is 0 Å². The summed E-state index contributed by atoms with van der Waals surface area (Å²) >= 11 is 0. The molecule has 0 radical (unpaired) electrons. The van der Waals surface area contributed by atoms with Crippen molar-refractivity contribution in [3.63, 3.8) is 0 Å². The van der Waals surface area contributed by atoms with Gasteiger partial charge in [-0.05, 0) is 23.6 Å². The van der Waals surface area contributed by atoms with Gasteiger partial charge >= 0.3 is 58.2 Å². The summed E-state index contributed by atoms with van der Waals surface area (Å²) in [5.74, 6) is 0. The maximum Gasteiger partial charge on any atom is 1.00 e. The molecular weight excluding hydrogens is 338 g/mol. The van der Waals surface area contributed by atoms with Crippen LogP contribution in [0.1, 0.15) is 16.7 Å². The molecule has 0 unspecified atom stereocenters. The summed E-state index contributed by atoms with van der Waals surface area (Å²) in [5.41, 5.74) is 8.90. The van der Waals surface area contributed by atoms with Gasteiger partial charge in [-0.3, -0.25) is 0 Å². The molecule has 0 nitrogen and oxygen atoms in total. The van der Waals surface area contributed by atoms with Crippen molar-refractivity contribution in [2.24, 2.45) is 0 Å². The fraction of sp³-hybridized carbons (Fsp3) is 0.143. The van der Waals surface area contributed by atoms with Gasteiger partial charge in [0.2, 0.25) is 0 Å². The number of benzene rings is 3.